The van der Waals surface area contributed by atoms with Crippen LogP contribution in [0.1, 0.15) is 225 Å². The van der Waals surface area contributed by atoms with Gasteiger partial charge in [-0.2, -0.15) is 0 Å². The zero-order valence-corrected chi connectivity index (χ0v) is 61.0. The number of rotatable bonds is 22. The maximum atomic E-state index is 15.1. The number of aliphatic hydroxyl groups is 6. The first-order chi connectivity index (χ1) is 43.4. The molecule has 6 N–H and O–H groups in total. The van der Waals surface area contributed by atoms with Crippen molar-refractivity contribution >= 4 is 18.5 Å². The summed E-state index contributed by atoms with van der Waals surface area (Å²) >= 11 is 0. The van der Waals surface area contributed by atoms with Gasteiger partial charge in [-0.25, -0.2) is 0 Å². The zero-order chi connectivity index (χ0) is 67.6. The number of methoxy groups -OCH3 is 1. The summed E-state index contributed by atoms with van der Waals surface area (Å²) in [5, 5.41) is 75.9. The first-order valence-corrected chi connectivity index (χ1v) is 38.7. The molecule has 5 fully saturated rings. The van der Waals surface area contributed by atoms with Crippen LogP contribution in [0.25, 0.3) is 11.1 Å². The van der Waals surface area contributed by atoms with Crippen LogP contribution < -0.4 is 14.8 Å². The van der Waals surface area contributed by atoms with Crippen molar-refractivity contribution < 1.29 is 68.6 Å². The van der Waals surface area contributed by atoms with Gasteiger partial charge in [0.2, 0.25) is 0 Å². The molecule has 7 rings (SSSR count). The summed E-state index contributed by atoms with van der Waals surface area (Å²) < 4.78 is 46.1. The Morgan fingerprint density at radius 1 is 0.728 bits per heavy atom. The molecular formula is C75H129N2O14P. The summed E-state index contributed by atoms with van der Waals surface area (Å²) in [4.78, 5) is 18.8. The first-order valence-electron chi connectivity index (χ1n) is 36.3. The molecule has 92 heavy (non-hydrogen) atoms. The Kier molecular flexibility index (Phi) is 28.2. The minimum absolute atomic E-state index is 0.00325. The number of carbonyl (C=O) groups excluding carboxylic acids is 1. The standard InChI is InChI=1S/C75H129N2O14P/c1-18-63-75(14,84)68(80)53(10)77(46-49(6)44-73(12,83)70(91-72-67(79)58(76(15)16)43-50(7)88-72)51(8)65(52(9)71(82)90-63)61-45-74(13,85-17)69(81)54(11)89-61)64(78)41-28-20-19-21-31-42-92(55-33-24-22-25-34-55,56-35-26-23-27-36-56)62-40-30-29-37-57(62)66-59(86-47(2)3)38-32-39-60(66)87-48(4)5/h29-30,32,37-40,47-56,58,61,63,65,67-72,79-84,92H,18-28,31,33-36,41-46H2,1-17H3/t49-,50-,51+,52-,53-,54+,58+,61-,63-,65?,67-,68-,69+,70-,71?,72+,73-,74-,75-/m1/s1. The second kappa shape index (κ2) is 33.8. The van der Waals surface area contributed by atoms with Gasteiger partial charge in [-0.15, -0.1) is 0 Å². The van der Waals surface area contributed by atoms with E-state index in [0.717, 1.165) is 42.7 Å². The van der Waals surface area contributed by atoms with Crippen molar-refractivity contribution in [2.45, 2.75) is 339 Å². The SMILES string of the molecule is CC[C@H]1OC(O)[C@H](C)C([C@H]2C[C@@](C)(OC)[C@@H](O)[C@H](C)O2)[C@H](C)[C@@H](O[C@@H]2O[C@H](C)C[C@H](N(C)C)[C@H]2O)[C@](C)(O)C[C@@H](C)CN(C(=O)CCCCCCC[PH](c2ccccc2-c2c(OC(C)C)cccc2OC(C)C)(C2CCCCC2)C2CCCCC2)[C@H](C)[C@@H](O)[C@]1(C)O. The minimum atomic E-state index is -2.28. The summed E-state index contributed by atoms with van der Waals surface area (Å²) in [6.45, 7) is 26.8. The van der Waals surface area contributed by atoms with Gasteiger partial charge >= 0.3 is 318 Å². The van der Waals surface area contributed by atoms with Gasteiger partial charge < -0.3 is 54.1 Å². The van der Waals surface area contributed by atoms with Crippen molar-refractivity contribution in [2.24, 2.45) is 23.7 Å². The Morgan fingerprint density at radius 3 is 1.87 bits per heavy atom. The van der Waals surface area contributed by atoms with Crippen molar-refractivity contribution in [1.29, 1.82) is 0 Å². The van der Waals surface area contributed by atoms with Crippen molar-refractivity contribution in [3.8, 4) is 22.6 Å². The van der Waals surface area contributed by atoms with Gasteiger partial charge in [0.15, 0.2) is 12.6 Å². The maximum absolute atomic E-state index is 15.1. The average Bonchev–Trinajstić information content (AvgIpc) is 0.788. The molecule has 2 unspecified atom stereocenters. The monoisotopic (exact) mass is 1310 g/mol. The molecular weight excluding hydrogens is 1180 g/mol. The van der Waals surface area contributed by atoms with E-state index in [-0.39, 0.29) is 68.4 Å². The summed E-state index contributed by atoms with van der Waals surface area (Å²) in [6, 6.07) is 14.5. The minimum Gasteiger partial charge on any atom is -0.385 e. The average molecular weight is 1310 g/mol. The summed E-state index contributed by atoms with van der Waals surface area (Å²) in [5.74, 6) is -0.848. The third-order valence-corrected chi connectivity index (χ3v) is 29.5. The van der Waals surface area contributed by atoms with Gasteiger partial charge in [0.1, 0.15) is 12.2 Å². The molecule has 2 aromatic rings. The van der Waals surface area contributed by atoms with Crippen LogP contribution >= 0.6 is 7.26 Å². The fraction of sp³-hybridized carbons (Fsp3) is 0.827. The van der Waals surface area contributed by atoms with Crippen LogP contribution in [-0.2, 0) is 28.5 Å². The number of hydrogen-bond acceptors (Lipinski definition) is 15. The van der Waals surface area contributed by atoms with Crippen LogP contribution in [0.5, 0.6) is 11.5 Å². The number of benzene rings is 2. The van der Waals surface area contributed by atoms with E-state index < -0.39 is 103 Å². The predicted molar refractivity (Wildman–Crippen MR) is 371 cm³/mol. The van der Waals surface area contributed by atoms with Crippen LogP contribution in [-0.4, -0.2) is 194 Å². The molecule has 19 atom stereocenters. The fourth-order valence-electron chi connectivity index (χ4n) is 18.0. The van der Waals surface area contributed by atoms with Gasteiger partial charge in [-0.05, 0) is 73.4 Å². The van der Waals surface area contributed by atoms with Gasteiger partial charge in [0.05, 0.1) is 41.7 Å². The van der Waals surface area contributed by atoms with Gasteiger partial charge in [-0.3, -0.25) is 0 Å². The van der Waals surface area contributed by atoms with E-state index in [1.54, 1.807) is 38.1 Å². The predicted octanol–water partition coefficient (Wildman–Crippen LogP) is 12.2. The number of ether oxygens (including phenoxy) is 7. The van der Waals surface area contributed by atoms with Crippen LogP contribution in [0.2, 0.25) is 0 Å². The first kappa shape index (κ1) is 76.8. The smallest absolute Gasteiger partial charge is 0.385 e. The van der Waals surface area contributed by atoms with E-state index in [2.05, 4.69) is 70.2 Å². The fourth-order valence-corrected chi connectivity index (χ4v) is 25.5. The van der Waals surface area contributed by atoms with E-state index in [4.69, 9.17) is 33.2 Å². The third-order valence-electron chi connectivity index (χ3n) is 22.8. The third kappa shape index (κ3) is 18.0. The van der Waals surface area contributed by atoms with Crippen molar-refractivity contribution in [1.82, 2.24) is 9.80 Å². The molecule has 528 valence electrons. The second-order valence-electron chi connectivity index (χ2n) is 31.0. The Balaban J connectivity index is 1.16. The number of aliphatic hydroxyl groups excluding tert-OH is 4. The Hall–Kier alpha value is -2.54. The number of hydrogen-bond donors (Lipinski definition) is 6. The summed E-state index contributed by atoms with van der Waals surface area (Å²) in [7, 11) is 3.10. The molecule has 5 aliphatic rings. The van der Waals surface area contributed by atoms with Crippen LogP contribution in [0.15, 0.2) is 42.5 Å². The molecule has 2 saturated carbocycles. The topological polar surface area (TPSA) is 210 Å². The molecule has 3 saturated heterocycles. The summed E-state index contributed by atoms with van der Waals surface area (Å²) in [5.41, 5.74) is -0.869. The second-order valence-corrected chi connectivity index (χ2v) is 35.8. The summed E-state index contributed by atoms with van der Waals surface area (Å²) in [6.07, 6.45) is 10.2. The van der Waals surface area contributed by atoms with Crippen LogP contribution in [0.4, 0.5) is 0 Å². The van der Waals surface area contributed by atoms with Crippen LogP contribution in [0.3, 0.4) is 0 Å². The Morgan fingerprint density at radius 2 is 1.30 bits per heavy atom. The molecule has 3 aliphatic heterocycles. The number of carbonyl (C=O) groups is 1. The van der Waals surface area contributed by atoms with Crippen molar-refractivity contribution in [2.75, 3.05) is 33.9 Å². The number of nitrogens with zero attached hydrogens (tertiary/aromatic N) is 2. The van der Waals surface area contributed by atoms with Crippen molar-refractivity contribution in [3.63, 3.8) is 0 Å². The molecule has 0 spiro atoms. The molecule has 2 aromatic carbocycles. The van der Waals surface area contributed by atoms with Crippen LogP contribution in [0, 0.1) is 23.7 Å². The number of amides is 1. The van der Waals surface area contributed by atoms with E-state index in [0.29, 0.717) is 24.2 Å². The molecule has 16 nitrogen and oxygen atoms in total. The Labute approximate surface area is 556 Å². The number of unbranched alkanes of at least 4 members (excludes halogenated alkanes) is 4. The van der Waals surface area contributed by atoms with E-state index in [1.165, 1.54) is 82.9 Å². The van der Waals surface area contributed by atoms with E-state index in [1.807, 2.05) is 60.5 Å². The molecule has 2 aliphatic carbocycles. The molecule has 3 heterocycles. The van der Waals surface area contributed by atoms with Gasteiger partial charge in [0, 0.05) is 25.5 Å². The van der Waals surface area contributed by atoms with Gasteiger partial charge in [-0.1, -0.05) is 20.8 Å². The van der Waals surface area contributed by atoms with E-state index in [9.17, 15) is 30.6 Å². The Bertz CT molecular complexity index is 2510. The van der Waals surface area contributed by atoms with Gasteiger partial charge in [0.25, 0.3) is 0 Å². The molecule has 17 heteroatoms. The molecule has 0 bridgehead atoms. The van der Waals surface area contributed by atoms with Crippen molar-refractivity contribution in [3.05, 3.63) is 42.5 Å². The number of likely N-dealkylation sites (N-methyl/N-ethyl adjacent to an activating group) is 1. The zero-order valence-electron chi connectivity index (χ0n) is 60.0. The van der Waals surface area contributed by atoms with E-state index >= 15 is 4.79 Å². The molecule has 1 amide bonds. The molecule has 0 radical (unpaired) electrons. The molecule has 0 aromatic heterocycles. The normalized spacial score (nSPS) is 36.7. The quantitative estimate of drug-likeness (QED) is 0.0479.